The predicted octanol–water partition coefficient (Wildman–Crippen LogP) is 4.27. The lowest BCUT2D eigenvalue weighted by Crippen LogP contribution is -1.92. The van der Waals surface area contributed by atoms with Gasteiger partial charge in [-0.2, -0.15) is 0 Å². The summed E-state index contributed by atoms with van der Waals surface area (Å²) in [5.41, 5.74) is 1.27. The molecule has 84 valence electrons. The predicted molar refractivity (Wildman–Crippen MR) is 69.5 cm³/mol. The van der Waals surface area contributed by atoms with Crippen molar-refractivity contribution in [2.24, 2.45) is 0 Å². The van der Waals surface area contributed by atoms with Gasteiger partial charge in [-0.25, -0.2) is 0 Å². The molecule has 0 bridgehead atoms. The largest absolute Gasteiger partial charge is 0.457 e. The van der Waals surface area contributed by atoms with E-state index in [0.717, 1.165) is 17.9 Å². The first-order valence-corrected chi connectivity index (χ1v) is 5.52. The topological polar surface area (TPSA) is 9.23 Å². The Bertz CT molecular complexity index is 400. The first-order chi connectivity index (χ1) is 7.80. The van der Waals surface area contributed by atoms with Gasteiger partial charge in [-0.1, -0.05) is 37.8 Å². The average molecular weight is 214 g/mol. The Morgan fingerprint density at radius 3 is 2.88 bits per heavy atom. The van der Waals surface area contributed by atoms with E-state index in [1.165, 1.54) is 5.56 Å². The Labute approximate surface area is 97.8 Å². The Morgan fingerprint density at radius 2 is 2.25 bits per heavy atom. The molecule has 0 spiro atoms. The minimum Gasteiger partial charge on any atom is -0.457 e. The van der Waals surface area contributed by atoms with E-state index >= 15 is 0 Å². The van der Waals surface area contributed by atoms with Gasteiger partial charge in [-0.05, 0) is 43.2 Å². The molecule has 0 saturated heterocycles. The maximum absolute atomic E-state index is 5.74. The summed E-state index contributed by atoms with van der Waals surface area (Å²) < 4.78 is 5.74. The molecule has 1 aromatic carbocycles. The van der Waals surface area contributed by atoms with Gasteiger partial charge in [0.2, 0.25) is 0 Å². The van der Waals surface area contributed by atoms with Crippen LogP contribution in [0.15, 0.2) is 60.9 Å². The number of rotatable bonds is 5. The van der Waals surface area contributed by atoms with Crippen LogP contribution < -0.4 is 4.74 Å². The number of allylic oxidation sites excluding steroid dienone is 4. The van der Waals surface area contributed by atoms with Crippen molar-refractivity contribution in [2.45, 2.75) is 20.3 Å². The van der Waals surface area contributed by atoms with Crippen molar-refractivity contribution in [1.29, 1.82) is 0 Å². The lowest BCUT2D eigenvalue weighted by molar-refractivity contribution is 0.444. The van der Waals surface area contributed by atoms with Gasteiger partial charge >= 0.3 is 0 Å². The summed E-state index contributed by atoms with van der Waals surface area (Å²) >= 11 is 0. The van der Waals surface area contributed by atoms with Crippen molar-refractivity contribution < 1.29 is 4.74 Å². The molecule has 0 saturated carbocycles. The van der Waals surface area contributed by atoms with Crippen LogP contribution in [0.25, 0.3) is 0 Å². The van der Waals surface area contributed by atoms with Gasteiger partial charge in [0.15, 0.2) is 0 Å². The molecule has 0 aliphatic rings. The molecule has 0 aliphatic heterocycles. The van der Waals surface area contributed by atoms with Crippen LogP contribution in [-0.4, -0.2) is 0 Å². The fraction of sp³-hybridized carbons (Fsp3) is 0.200. The van der Waals surface area contributed by atoms with Crippen LogP contribution in [0.4, 0.5) is 0 Å². The summed E-state index contributed by atoms with van der Waals surface area (Å²) in [6.45, 7) is 7.76. The van der Waals surface area contributed by atoms with Gasteiger partial charge in [0.05, 0.1) is 0 Å². The minimum absolute atomic E-state index is 0.797. The second-order valence-corrected chi connectivity index (χ2v) is 3.41. The molecular weight excluding hydrogens is 196 g/mol. The van der Waals surface area contributed by atoms with E-state index in [-0.39, 0.29) is 0 Å². The van der Waals surface area contributed by atoms with Crippen LogP contribution in [0.3, 0.4) is 0 Å². The van der Waals surface area contributed by atoms with Gasteiger partial charge in [0, 0.05) is 0 Å². The second-order valence-electron chi connectivity index (χ2n) is 3.41. The molecule has 1 aromatic rings. The Balaban J connectivity index is 2.84. The maximum Gasteiger partial charge on any atom is 0.127 e. The lowest BCUT2D eigenvalue weighted by Gasteiger charge is -2.07. The smallest absolute Gasteiger partial charge is 0.127 e. The van der Waals surface area contributed by atoms with E-state index < -0.39 is 0 Å². The van der Waals surface area contributed by atoms with Crippen LogP contribution in [0.1, 0.15) is 19.4 Å². The van der Waals surface area contributed by atoms with Crippen molar-refractivity contribution >= 4 is 0 Å². The first kappa shape index (κ1) is 12.3. The molecular formula is C15H18O. The van der Waals surface area contributed by atoms with Crippen molar-refractivity contribution in [3.8, 4) is 5.75 Å². The van der Waals surface area contributed by atoms with E-state index in [0.29, 0.717) is 0 Å². The van der Waals surface area contributed by atoms with E-state index in [2.05, 4.69) is 25.6 Å². The molecule has 16 heavy (non-hydrogen) atoms. The molecule has 0 atom stereocenters. The van der Waals surface area contributed by atoms with Gasteiger partial charge in [0.25, 0.3) is 0 Å². The number of benzene rings is 1. The highest BCUT2D eigenvalue weighted by Crippen LogP contribution is 2.17. The van der Waals surface area contributed by atoms with Crippen molar-refractivity contribution in [2.75, 3.05) is 0 Å². The molecule has 0 N–H and O–H groups in total. The highest BCUT2D eigenvalue weighted by Gasteiger charge is 1.97. The lowest BCUT2D eigenvalue weighted by atomic mass is 10.2. The second kappa shape index (κ2) is 6.67. The van der Waals surface area contributed by atoms with Crippen LogP contribution >= 0.6 is 0 Å². The van der Waals surface area contributed by atoms with Gasteiger partial charge in [0.1, 0.15) is 11.5 Å². The van der Waals surface area contributed by atoms with Crippen molar-refractivity contribution in [3.05, 3.63) is 66.5 Å². The molecule has 1 heteroatoms. The molecule has 0 amide bonds. The number of ether oxygens (including phenoxy) is 1. The highest BCUT2D eigenvalue weighted by atomic mass is 16.5. The van der Waals surface area contributed by atoms with Gasteiger partial charge in [-0.3, -0.25) is 0 Å². The number of hydrogen-bond acceptors (Lipinski definition) is 1. The number of aryl methyl sites for hydroxylation is 1. The zero-order chi connectivity index (χ0) is 11.8. The normalized spacial score (nSPS) is 11.8. The van der Waals surface area contributed by atoms with Crippen LogP contribution in [-0.2, 0) is 6.42 Å². The standard InChI is InChI=1S/C15H18O/c1-4-8-14(9-5-2)16-15-11-7-10-13(6-3)12-15/h4-5,7-12H,1,6H2,2-3H3/b9-5-,14-8+. The van der Waals surface area contributed by atoms with Crippen LogP contribution in [0.2, 0.25) is 0 Å². The number of hydrogen-bond donors (Lipinski definition) is 0. The van der Waals surface area contributed by atoms with E-state index in [4.69, 9.17) is 4.74 Å². The maximum atomic E-state index is 5.74. The summed E-state index contributed by atoms with van der Waals surface area (Å²) in [5, 5.41) is 0. The Morgan fingerprint density at radius 1 is 1.44 bits per heavy atom. The molecule has 1 nitrogen and oxygen atoms in total. The highest BCUT2D eigenvalue weighted by molar-refractivity contribution is 5.32. The quantitative estimate of drug-likeness (QED) is 0.525. The monoisotopic (exact) mass is 214 g/mol. The molecule has 0 unspecified atom stereocenters. The molecule has 1 rings (SSSR count). The van der Waals surface area contributed by atoms with E-state index in [1.54, 1.807) is 6.08 Å². The molecule has 0 heterocycles. The summed E-state index contributed by atoms with van der Waals surface area (Å²) in [5.74, 6) is 1.66. The summed E-state index contributed by atoms with van der Waals surface area (Å²) in [4.78, 5) is 0. The molecule has 0 aliphatic carbocycles. The van der Waals surface area contributed by atoms with Crippen molar-refractivity contribution in [1.82, 2.24) is 0 Å². The third-order valence-electron chi connectivity index (χ3n) is 2.16. The third kappa shape index (κ3) is 3.77. The zero-order valence-electron chi connectivity index (χ0n) is 9.94. The molecule has 0 fully saturated rings. The van der Waals surface area contributed by atoms with Gasteiger partial charge in [-0.15, -0.1) is 0 Å². The van der Waals surface area contributed by atoms with Crippen LogP contribution in [0.5, 0.6) is 5.75 Å². The van der Waals surface area contributed by atoms with Gasteiger partial charge < -0.3 is 4.74 Å². The minimum atomic E-state index is 0.797. The summed E-state index contributed by atoms with van der Waals surface area (Å²) in [6.07, 6.45) is 8.44. The zero-order valence-corrected chi connectivity index (χ0v) is 9.94. The Kier molecular flexibility index (Phi) is 5.13. The summed E-state index contributed by atoms with van der Waals surface area (Å²) in [7, 11) is 0. The fourth-order valence-electron chi connectivity index (χ4n) is 1.37. The summed E-state index contributed by atoms with van der Waals surface area (Å²) in [6, 6.07) is 8.12. The average Bonchev–Trinajstić information content (AvgIpc) is 2.30. The van der Waals surface area contributed by atoms with E-state index in [1.807, 2.05) is 37.3 Å². The van der Waals surface area contributed by atoms with E-state index in [9.17, 15) is 0 Å². The fourth-order valence-corrected chi connectivity index (χ4v) is 1.37. The SMILES string of the molecule is C=C/C=C(\C=C/C)Oc1cccc(CC)c1. The third-order valence-corrected chi connectivity index (χ3v) is 2.16. The van der Waals surface area contributed by atoms with Crippen LogP contribution in [0, 0.1) is 0 Å². The van der Waals surface area contributed by atoms with Crippen molar-refractivity contribution in [3.63, 3.8) is 0 Å². The Hall–Kier alpha value is -1.76. The molecule has 0 aromatic heterocycles. The first-order valence-electron chi connectivity index (χ1n) is 5.52. The molecule has 0 radical (unpaired) electrons.